The van der Waals surface area contributed by atoms with Gasteiger partial charge in [0.1, 0.15) is 0 Å². The van der Waals surface area contributed by atoms with Crippen molar-refractivity contribution in [2.45, 2.75) is 40.7 Å². The first-order valence-electron chi connectivity index (χ1n) is 6.30. The highest BCUT2D eigenvalue weighted by atomic mass is 16.3. The Kier molecular flexibility index (Phi) is 7.20. The van der Waals surface area contributed by atoms with Crippen LogP contribution in [-0.2, 0) is 0 Å². The fraction of sp³-hybridized carbons (Fsp3) is 1.00. The largest absolute Gasteiger partial charge is 0.392 e. The van der Waals surface area contributed by atoms with Crippen LogP contribution in [0.15, 0.2) is 0 Å². The number of aliphatic hydroxyl groups is 1. The van der Waals surface area contributed by atoms with Gasteiger partial charge in [-0.1, -0.05) is 27.7 Å². The smallest absolute Gasteiger partial charge is 0.0638 e. The van der Waals surface area contributed by atoms with E-state index in [1.54, 1.807) is 0 Å². The van der Waals surface area contributed by atoms with Crippen molar-refractivity contribution >= 4 is 0 Å². The molecule has 0 spiro atoms. The molecule has 0 aliphatic carbocycles. The van der Waals surface area contributed by atoms with Crippen LogP contribution in [0.1, 0.15) is 34.6 Å². The molecule has 0 fully saturated rings. The second-order valence-electron chi connectivity index (χ2n) is 6.23. The van der Waals surface area contributed by atoms with Gasteiger partial charge in [0.2, 0.25) is 0 Å². The molecule has 0 aromatic heterocycles. The Bertz CT molecular complexity index is 179. The van der Waals surface area contributed by atoms with Crippen molar-refractivity contribution in [2.24, 2.45) is 11.3 Å². The molecular formula is C13H30N2O. The fourth-order valence-corrected chi connectivity index (χ4v) is 2.00. The van der Waals surface area contributed by atoms with Crippen LogP contribution in [0.25, 0.3) is 0 Å². The second-order valence-corrected chi connectivity index (χ2v) is 6.23. The van der Waals surface area contributed by atoms with Gasteiger partial charge in [-0.3, -0.25) is 0 Å². The zero-order valence-electron chi connectivity index (χ0n) is 11.9. The summed E-state index contributed by atoms with van der Waals surface area (Å²) in [7, 11) is 2.07. The molecule has 3 heteroatoms. The third-order valence-corrected chi connectivity index (χ3v) is 2.43. The number of rotatable bonds is 8. The van der Waals surface area contributed by atoms with Crippen molar-refractivity contribution in [2.75, 3.05) is 33.2 Å². The standard InChI is InChI=1S/C13H30N2O/c1-11(2)7-14-9-13(4,5)10-15(6)8-12(3)16/h11-12,14,16H,7-10H2,1-6H3. The van der Waals surface area contributed by atoms with Gasteiger partial charge in [-0.15, -0.1) is 0 Å². The molecule has 0 bridgehead atoms. The Morgan fingerprint density at radius 2 is 1.81 bits per heavy atom. The summed E-state index contributed by atoms with van der Waals surface area (Å²) in [5, 5.41) is 12.8. The van der Waals surface area contributed by atoms with E-state index in [1.165, 1.54) is 0 Å². The van der Waals surface area contributed by atoms with Crippen LogP contribution in [0.3, 0.4) is 0 Å². The van der Waals surface area contributed by atoms with Gasteiger partial charge < -0.3 is 15.3 Å². The lowest BCUT2D eigenvalue weighted by molar-refractivity contribution is 0.115. The van der Waals surface area contributed by atoms with Crippen LogP contribution in [0, 0.1) is 11.3 Å². The maximum atomic E-state index is 9.31. The number of nitrogens with one attached hydrogen (secondary N) is 1. The van der Waals surface area contributed by atoms with E-state index in [-0.39, 0.29) is 11.5 Å². The fourth-order valence-electron chi connectivity index (χ4n) is 2.00. The van der Waals surface area contributed by atoms with E-state index in [1.807, 2.05) is 6.92 Å². The summed E-state index contributed by atoms with van der Waals surface area (Å²) in [4.78, 5) is 2.20. The Hall–Kier alpha value is -0.120. The van der Waals surface area contributed by atoms with Crippen molar-refractivity contribution in [1.29, 1.82) is 0 Å². The Morgan fingerprint density at radius 3 is 2.25 bits per heavy atom. The van der Waals surface area contributed by atoms with Gasteiger partial charge in [0.05, 0.1) is 6.10 Å². The molecule has 1 atom stereocenters. The van der Waals surface area contributed by atoms with E-state index in [2.05, 4.69) is 45.0 Å². The highest BCUT2D eigenvalue weighted by Crippen LogP contribution is 2.15. The van der Waals surface area contributed by atoms with Crippen molar-refractivity contribution in [3.05, 3.63) is 0 Å². The molecule has 3 nitrogen and oxygen atoms in total. The van der Waals surface area contributed by atoms with Crippen molar-refractivity contribution in [1.82, 2.24) is 10.2 Å². The minimum absolute atomic E-state index is 0.246. The lowest BCUT2D eigenvalue weighted by Gasteiger charge is -2.31. The molecule has 0 amide bonds. The van der Waals surface area contributed by atoms with Gasteiger partial charge in [-0.25, -0.2) is 0 Å². The van der Waals surface area contributed by atoms with Crippen LogP contribution < -0.4 is 5.32 Å². The van der Waals surface area contributed by atoms with E-state index in [0.29, 0.717) is 5.92 Å². The first-order valence-corrected chi connectivity index (χ1v) is 6.30. The average molecular weight is 230 g/mol. The average Bonchev–Trinajstić information content (AvgIpc) is 1.98. The molecule has 0 rings (SSSR count). The summed E-state index contributed by atoms with van der Waals surface area (Å²) >= 11 is 0. The van der Waals surface area contributed by atoms with Gasteiger partial charge in [0.15, 0.2) is 0 Å². The van der Waals surface area contributed by atoms with E-state index in [9.17, 15) is 5.11 Å². The molecule has 0 radical (unpaired) electrons. The van der Waals surface area contributed by atoms with Crippen LogP contribution in [0.5, 0.6) is 0 Å². The molecular weight excluding hydrogens is 200 g/mol. The molecule has 1 unspecified atom stereocenters. The Balaban J connectivity index is 3.84. The van der Waals surface area contributed by atoms with Gasteiger partial charge in [-0.05, 0) is 31.8 Å². The lowest BCUT2D eigenvalue weighted by atomic mass is 9.92. The predicted octanol–water partition coefficient (Wildman–Crippen LogP) is 1.57. The zero-order valence-corrected chi connectivity index (χ0v) is 11.9. The van der Waals surface area contributed by atoms with Crippen LogP contribution in [0.2, 0.25) is 0 Å². The Labute approximate surface area is 101 Å². The maximum Gasteiger partial charge on any atom is 0.0638 e. The highest BCUT2D eigenvalue weighted by Gasteiger charge is 2.20. The molecule has 0 aromatic carbocycles. The van der Waals surface area contributed by atoms with Crippen molar-refractivity contribution < 1.29 is 5.11 Å². The summed E-state index contributed by atoms with van der Waals surface area (Å²) < 4.78 is 0. The molecule has 16 heavy (non-hydrogen) atoms. The predicted molar refractivity (Wildman–Crippen MR) is 70.7 cm³/mol. The summed E-state index contributed by atoms with van der Waals surface area (Å²) in [5.74, 6) is 0.700. The van der Waals surface area contributed by atoms with E-state index in [0.717, 1.165) is 26.2 Å². The van der Waals surface area contributed by atoms with Gasteiger partial charge >= 0.3 is 0 Å². The molecule has 0 saturated carbocycles. The summed E-state index contributed by atoms with van der Waals surface area (Å²) in [6.45, 7) is 14.6. The van der Waals surface area contributed by atoms with E-state index in [4.69, 9.17) is 0 Å². The minimum atomic E-state index is -0.246. The Morgan fingerprint density at radius 1 is 1.25 bits per heavy atom. The number of hydrogen-bond acceptors (Lipinski definition) is 3. The van der Waals surface area contributed by atoms with Gasteiger partial charge in [-0.2, -0.15) is 0 Å². The highest BCUT2D eigenvalue weighted by molar-refractivity contribution is 4.76. The molecule has 0 aliphatic rings. The number of likely N-dealkylation sites (N-methyl/N-ethyl adjacent to an activating group) is 1. The van der Waals surface area contributed by atoms with E-state index >= 15 is 0 Å². The topological polar surface area (TPSA) is 35.5 Å². The van der Waals surface area contributed by atoms with Crippen LogP contribution >= 0.6 is 0 Å². The normalized spacial score (nSPS) is 14.8. The summed E-state index contributed by atoms with van der Waals surface area (Å²) in [6, 6.07) is 0. The van der Waals surface area contributed by atoms with Crippen LogP contribution in [0.4, 0.5) is 0 Å². The number of nitrogens with zero attached hydrogens (tertiary/aromatic N) is 1. The number of hydrogen-bond donors (Lipinski definition) is 2. The SMILES string of the molecule is CC(C)CNCC(C)(C)CN(C)CC(C)O. The third kappa shape index (κ3) is 9.13. The van der Waals surface area contributed by atoms with Crippen molar-refractivity contribution in [3.8, 4) is 0 Å². The first-order chi connectivity index (χ1) is 7.23. The van der Waals surface area contributed by atoms with Gasteiger partial charge in [0, 0.05) is 19.6 Å². The molecule has 2 N–H and O–H groups in total. The molecule has 0 saturated heterocycles. The molecule has 0 aromatic rings. The maximum absolute atomic E-state index is 9.31. The van der Waals surface area contributed by atoms with Crippen LogP contribution in [-0.4, -0.2) is 49.3 Å². The van der Waals surface area contributed by atoms with Crippen molar-refractivity contribution in [3.63, 3.8) is 0 Å². The monoisotopic (exact) mass is 230 g/mol. The summed E-state index contributed by atoms with van der Waals surface area (Å²) in [6.07, 6.45) is -0.246. The number of aliphatic hydroxyl groups excluding tert-OH is 1. The van der Waals surface area contributed by atoms with Gasteiger partial charge in [0.25, 0.3) is 0 Å². The van der Waals surface area contributed by atoms with E-state index < -0.39 is 0 Å². The third-order valence-electron chi connectivity index (χ3n) is 2.43. The second kappa shape index (κ2) is 7.25. The summed E-state index contributed by atoms with van der Waals surface area (Å²) in [5.41, 5.74) is 0.249. The lowest BCUT2D eigenvalue weighted by Crippen LogP contribution is -2.41. The minimum Gasteiger partial charge on any atom is -0.392 e. The molecule has 98 valence electrons. The quantitative estimate of drug-likeness (QED) is 0.664. The molecule has 0 heterocycles. The zero-order chi connectivity index (χ0) is 12.8. The molecule has 0 aliphatic heterocycles. The first kappa shape index (κ1) is 15.9.